The van der Waals surface area contributed by atoms with Crippen LogP contribution >= 0.6 is 15.9 Å². The zero-order valence-corrected chi connectivity index (χ0v) is 15.9. The van der Waals surface area contributed by atoms with Crippen LogP contribution in [0.1, 0.15) is 33.2 Å². The van der Waals surface area contributed by atoms with Crippen LogP contribution < -0.4 is 0 Å². The molecular formula is C17H20BrF2N3O2. The highest BCUT2D eigenvalue weighted by Gasteiger charge is 2.36. The van der Waals surface area contributed by atoms with Crippen molar-refractivity contribution in [2.45, 2.75) is 45.0 Å². The molecule has 1 fully saturated rings. The molecule has 25 heavy (non-hydrogen) atoms. The van der Waals surface area contributed by atoms with Gasteiger partial charge in [0.1, 0.15) is 22.2 Å². The Morgan fingerprint density at radius 3 is 2.76 bits per heavy atom. The Hall–Kier alpha value is -1.70. The summed E-state index contributed by atoms with van der Waals surface area (Å²) in [5, 5.41) is 5.05. The van der Waals surface area contributed by atoms with Crippen LogP contribution in [0.2, 0.25) is 0 Å². The second-order valence-electron chi connectivity index (χ2n) is 7.20. The molecule has 0 saturated carbocycles. The lowest BCUT2D eigenvalue weighted by atomic mass is 10.0. The zero-order chi connectivity index (χ0) is 18.4. The van der Waals surface area contributed by atoms with Gasteiger partial charge in [0.25, 0.3) is 0 Å². The Kier molecular flexibility index (Phi) is 4.74. The average molecular weight is 416 g/mol. The number of piperidine rings is 1. The maximum absolute atomic E-state index is 14.8. The lowest BCUT2D eigenvalue weighted by Gasteiger charge is -2.35. The van der Waals surface area contributed by atoms with E-state index in [9.17, 15) is 13.6 Å². The number of benzene rings is 1. The Balaban J connectivity index is 1.81. The SMILES string of the molecule is CC(C)(C)OC(=O)N1CC[C@H](n2nc(Br)c3ccc(F)cc32)[C@H](F)C1. The van der Waals surface area contributed by atoms with E-state index in [2.05, 4.69) is 21.0 Å². The molecule has 1 saturated heterocycles. The van der Waals surface area contributed by atoms with E-state index < -0.39 is 29.7 Å². The first-order chi connectivity index (χ1) is 11.7. The van der Waals surface area contributed by atoms with E-state index in [0.717, 1.165) is 5.39 Å². The third kappa shape index (κ3) is 3.78. The van der Waals surface area contributed by atoms with E-state index in [0.29, 0.717) is 23.1 Å². The molecule has 8 heteroatoms. The fourth-order valence-corrected chi connectivity index (χ4v) is 3.49. The number of amides is 1. The predicted molar refractivity (Wildman–Crippen MR) is 93.7 cm³/mol. The number of alkyl halides is 1. The van der Waals surface area contributed by atoms with Gasteiger partial charge in [-0.1, -0.05) is 0 Å². The summed E-state index contributed by atoms with van der Waals surface area (Å²) in [6.45, 7) is 5.59. The van der Waals surface area contributed by atoms with Gasteiger partial charge in [-0.05, 0) is 61.3 Å². The summed E-state index contributed by atoms with van der Waals surface area (Å²) in [6.07, 6.45) is -1.47. The van der Waals surface area contributed by atoms with Gasteiger partial charge in [-0.2, -0.15) is 5.10 Å². The van der Waals surface area contributed by atoms with Crippen LogP contribution in [-0.4, -0.2) is 45.6 Å². The second kappa shape index (κ2) is 6.55. The fraction of sp³-hybridized carbons (Fsp3) is 0.529. The van der Waals surface area contributed by atoms with Gasteiger partial charge in [-0.15, -0.1) is 0 Å². The molecule has 0 unspecified atom stereocenters. The molecule has 0 radical (unpaired) electrons. The first-order valence-corrected chi connectivity index (χ1v) is 8.90. The van der Waals surface area contributed by atoms with Gasteiger partial charge in [0.2, 0.25) is 0 Å². The maximum Gasteiger partial charge on any atom is 0.410 e. The summed E-state index contributed by atoms with van der Waals surface area (Å²) in [4.78, 5) is 13.5. The zero-order valence-electron chi connectivity index (χ0n) is 14.3. The molecule has 0 aliphatic carbocycles. The molecule has 1 aliphatic rings. The van der Waals surface area contributed by atoms with Crippen molar-refractivity contribution in [1.29, 1.82) is 0 Å². The van der Waals surface area contributed by atoms with Crippen molar-refractivity contribution < 1.29 is 18.3 Å². The number of halogens is 3. The van der Waals surface area contributed by atoms with Gasteiger partial charge in [0.05, 0.1) is 18.1 Å². The summed E-state index contributed by atoms with van der Waals surface area (Å²) in [6, 6.07) is 3.74. The molecule has 2 heterocycles. The van der Waals surface area contributed by atoms with E-state index in [1.165, 1.54) is 21.7 Å². The third-order valence-electron chi connectivity index (χ3n) is 4.10. The Labute approximate surface area is 153 Å². The fourth-order valence-electron chi connectivity index (χ4n) is 2.98. The van der Waals surface area contributed by atoms with Gasteiger partial charge in [0.15, 0.2) is 0 Å². The Morgan fingerprint density at radius 1 is 1.40 bits per heavy atom. The molecule has 2 atom stereocenters. The van der Waals surface area contributed by atoms with Crippen molar-refractivity contribution in [3.05, 3.63) is 28.6 Å². The van der Waals surface area contributed by atoms with Crippen molar-refractivity contribution >= 4 is 32.9 Å². The molecule has 0 spiro atoms. The van der Waals surface area contributed by atoms with Crippen molar-refractivity contribution in [2.75, 3.05) is 13.1 Å². The summed E-state index contributed by atoms with van der Waals surface area (Å²) in [7, 11) is 0. The second-order valence-corrected chi connectivity index (χ2v) is 7.95. The molecule has 0 N–H and O–H groups in total. The Bertz CT molecular complexity index is 803. The van der Waals surface area contributed by atoms with E-state index >= 15 is 0 Å². The lowest BCUT2D eigenvalue weighted by Crippen LogP contribution is -2.47. The molecule has 1 aliphatic heterocycles. The quantitative estimate of drug-likeness (QED) is 0.690. The number of hydrogen-bond acceptors (Lipinski definition) is 3. The van der Waals surface area contributed by atoms with Crippen LogP contribution in [0.3, 0.4) is 0 Å². The van der Waals surface area contributed by atoms with Crippen LogP contribution in [0.15, 0.2) is 22.8 Å². The monoisotopic (exact) mass is 415 g/mol. The highest BCUT2D eigenvalue weighted by molar-refractivity contribution is 9.10. The van der Waals surface area contributed by atoms with Crippen LogP contribution in [0.4, 0.5) is 13.6 Å². The van der Waals surface area contributed by atoms with Gasteiger partial charge < -0.3 is 9.64 Å². The Morgan fingerprint density at radius 2 is 2.12 bits per heavy atom. The topological polar surface area (TPSA) is 47.4 Å². The van der Waals surface area contributed by atoms with E-state index in [1.807, 2.05) is 0 Å². The number of rotatable bonds is 1. The van der Waals surface area contributed by atoms with E-state index in [-0.39, 0.29) is 6.54 Å². The lowest BCUT2D eigenvalue weighted by molar-refractivity contribution is 0.00611. The minimum absolute atomic E-state index is 0.0755. The number of fused-ring (bicyclic) bond motifs is 1. The average Bonchev–Trinajstić information content (AvgIpc) is 2.81. The van der Waals surface area contributed by atoms with Crippen LogP contribution in [0.25, 0.3) is 10.9 Å². The largest absolute Gasteiger partial charge is 0.444 e. The summed E-state index contributed by atoms with van der Waals surface area (Å²) in [5.41, 5.74) is -0.0921. The third-order valence-corrected chi connectivity index (χ3v) is 4.68. The molecule has 2 aromatic rings. The number of likely N-dealkylation sites (tertiary alicyclic amines) is 1. The number of ether oxygens (including phenoxy) is 1. The smallest absolute Gasteiger partial charge is 0.410 e. The van der Waals surface area contributed by atoms with Crippen molar-refractivity contribution in [3.8, 4) is 0 Å². The number of carbonyl (C=O) groups excluding carboxylic acids is 1. The minimum Gasteiger partial charge on any atom is -0.444 e. The van der Waals surface area contributed by atoms with Crippen molar-refractivity contribution in [3.63, 3.8) is 0 Å². The number of hydrogen-bond donors (Lipinski definition) is 0. The molecule has 3 rings (SSSR count). The standard InChI is InChI=1S/C17H20BrF2N3O2/c1-17(2,3)25-16(24)22-7-6-13(12(20)9-22)23-14-8-10(19)4-5-11(14)15(18)21-23/h4-5,8,12-13H,6-7,9H2,1-3H3/t12-,13+/m1/s1. The first kappa shape index (κ1) is 18.1. The van der Waals surface area contributed by atoms with Crippen LogP contribution in [-0.2, 0) is 4.74 Å². The van der Waals surface area contributed by atoms with E-state index in [1.54, 1.807) is 26.8 Å². The normalized spacial score (nSPS) is 21.6. The molecule has 1 aromatic carbocycles. The van der Waals surface area contributed by atoms with Gasteiger partial charge in [-0.3, -0.25) is 4.68 Å². The molecular weight excluding hydrogens is 396 g/mol. The van der Waals surface area contributed by atoms with Gasteiger partial charge in [0, 0.05) is 11.9 Å². The number of nitrogens with zero attached hydrogens (tertiary/aromatic N) is 3. The molecule has 136 valence electrons. The summed E-state index contributed by atoms with van der Waals surface area (Å²) < 4.78 is 35.7. The predicted octanol–water partition coefficient (Wildman–Crippen LogP) is 4.46. The summed E-state index contributed by atoms with van der Waals surface area (Å²) >= 11 is 3.34. The van der Waals surface area contributed by atoms with Crippen LogP contribution in [0, 0.1) is 5.82 Å². The maximum atomic E-state index is 14.8. The summed E-state index contributed by atoms with van der Waals surface area (Å²) in [5.74, 6) is -0.400. The van der Waals surface area contributed by atoms with E-state index in [4.69, 9.17) is 4.74 Å². The van der Waals surface area contributed by atoms with Crippen molar-refractivity contribution in [1.82, 2.24) is 14.7 Å². The first-order valence-electron chi connectivity index (χ1n) is 8.11. The number of aromatic nitrogens is 2. The molecule has 5 nitrogen and oxygen atoms in total. The van der Waals surface area contributed by atoms with Gasteiger partial charge >= 0.3 is 6.09 Å². The molecule has 0 bridgehead atoms. The van der Waals surface area contributed by atoms with Gasteiger partial charge in [-0.25, -0.2) is 13.6 Å². The highest BCUT2D eigenvalue weighted by atomic mass is 79.9. The number of carbonyl (C=O) groups is 1. The van der Waals surface area contributed by atoms with Crippen molar-refractivity contribution in [2.24, 2.45) is 0 Å². The minimum atomic E-state index is -1.32. The molecule has 1 aromatic heterocycles. The molecule has 1 amide bonds. The highest BCUT2D eigenvalue weighted by Crippen LogP contribution is 2.32. The van der Waals surface area contributed by atoms with Crippen LogP contribution in [0.5, 0.6) is 0 Å².